The second-order valence-corrected chi connectivity index (χ2v) is 11.5. The van der Waals surface area contributed by atoms with Crippen molar-refractivity contribution in [2.24, 2.45) is 5.92 Å². The third-order valence-corrected chi connectivity index (χ3v) is 7.47. The Kier molecular flexibility index (Phi) is 11.5. The van der Waals surface area contributed by atoms with Gasteiger partial charge in [-0.05, 0) is 63.5 Å². The van der Waals surface area contributed by atoms with Crippen molar-refractivity contribution in [1.82, 2.24) is 4.98 Å². The summed E-state index contributed by atoms with van der Waals surface area (Å²) in [5, 5.41) is 0. The number of rotatable bonds is 9. The summed E-state index contributed by atoms with van der Waals surface area (Å²) in [6, 6.07) is 8.75. The van der Waals surface area contributed by atoms with Crippen molar-refractivity contribution in [2.75, 3.05) is 32.0 Å². The highest BCUT2D eigenvalue weighted by Crippen LogP contribution is 2.34. The molecule has 2 aliphatic heterocycles. The van der Waals surface area contributed by atoms with Crippen LogP contribution in [0.2, 0.25) is 0 Å². The Balaban J connectivity index is 1.62. The van der Waals surface area contributed by atoms with Crippen molar-refractivity contribution in [2.45, 2.75) is 64.6 Å². The minimum absolute atomic E-state index is 0.106. The number of methoxy groups -OCH3 is 1. The number of fused-ring (bicyclic) bond motifs is 2. The highest BCUT2D eigenvalue weighted by Gasteiger charge is 2.43. The van der Waals surface area contributed by atoms with Gasteiger partial charge in [-0.1, -0.05) is 31.2 Å². The number of cyclic esters (lactones) is 1. The van der Waals surface area contributed by atoms with Gasteiger partial charge in [0, 0.05) is 31.8 Å². The minimum Gasteiger partial charge on any atom is -0.493 e. The van der Waals surface area contributed by atoms with Gasteiger partial charge in [-0.25, -0.2) is 9.78 Å². The van der Waals surface area contributed by atoms with Gasteiger partial charge in [0.1, 0.15) is 35.1 Å². The van der Waals surface area contributed by atoms with Gasteiger partial charge in [-0.15, -0.1) is 0 Å². The zero-order valence-corrected chi connectivity index (χ0v) is 26.7. The smallest absolute Gasteiger partial charge is 0.342 e. The number of anilines is 1. The molecule has 1 aromatic heterocycles. The Morgan fingerprint density at radius 1 is 1.13 bits per heavy atom. The lowest BCUT2D eigenvalue weighted by molar-refractivity contribution is -0.152. The second kappa shape index (κ2) is 15.3. The van der Waals surface area contributed by atoms with E-state index in [9.17, 15) is 14.4 Å². The van der Waals surface area contributed by atoms with Crippen molar-refractivity contribution < 1.29 is 42.8 Å². The van der Waals surface area contributed by atoms with Crippen molar-refractivity contribution >= 4 is 37.3 Å². The standard InChI is InChI=1S/C33H41BN2O9/c1-21-13-14-25(37)30-26(44-33(3,4)45-30)11-8-10-23-18-24(19-27(42-20-40-5)29(23)31(38)43-22(21)2)41-17-9-16-36(32(34)39)28-12-6-7-15-35-28/h6-8,10,12-15,18-19,21-22,26,30H,9,11,16-17,20,34H2,1-5H3/b10-8+,14-13-/t21-,22+,26+,30?/m1/s1. The summed E-state index contributed by atoms with van der Waals surface area (Å²) < 4.78 is 34.9. The van der Waals surface area contributed by atoms with Gasteiger partial charge in [-0.3, -0.25) is 9.59 Å². The lowest BCUT2D eigenvalue weighted by Crippen LogP contribution is -2.32. The monoisotopic (exact) mass is 620 g/mol. The Labute approximate surface area is 264 Å². The quantitative estimate of drug-likeness (QED) is 0.173. The van der Waals surface area contributed by atoms with Crippen molar-refractivity contribution in [1.29, 1.82) is 0 Å². The zero-order chi connectivity index (χ0) is 32.6. The average Bonchev–Trinajstić information content (AvgIpc) is 3.32. The fourth-order valence-corrected chi connectivity index (χ4v) is 5.05. The number of ether oxygens (including phenoxy) is 6. The molecule has 2 aliphatic rings. The van der Waals surface area contributed by atoms with Crippen molar-refractivity contribution in [3.63, 3.8) is 0 Å². The molecule has 1 aromatic carbocycles. The Hall–Kier alpha value is -4.00. The largest absolute Gasteiger partial charge is 0.493 e. The molecule has 0 radical (unpaired) electrons. The van der Waals surface area contributed by atoms with Gasteiger partial charge >= 0.3 is 5.97 Å². The van der Waals surface area contributed by atoms with Gasteiger partial charge in [0.2, 0.25) is 7.85 Å². The number of ketones is 1. The van der Waals surface area contributed by atoms with Gasteiger partial charge in [0.15, 0.2) is 24.2 Å². The van der Waals surface area contributed by atoms with E-state index in [0.29, 0.717) is 36.5 Å². The fourth-order valence-electron chi connectivity index (χ4n) is 5.05. The van der Waals surface area contributed by atoms with Gasteiger partial charge in [0.25, 0.3) is 0 Å². The van der Waals surface area contributed by atoms with Crippen LogP contribution in [0.5, 0.6) is 11.5 Å². The van der Waals surface area contributed by atoms with Crippen LogP contribution in [-0.4, -0.2) is 81.5 Å². The van der Waals surface area contributed by atoms with E-state index in [1.165, 1.54) is 21.0 Å². The number of amides is 1. The molecule has 2 aromatic rings. The molecular weight excluding hydrogens is 579 g/mol. The molecular formula is C33H41BN2O9. The average molecular weight is 621 g/mol. The Morgan fingerprint density at radius 2 is 1.93 bits per heavy atom. The van der Waals surface area contributed by atoms with E-state index < -0.39 is 30.1 Å². The number of aromatic nitrogens is 1. The molecule has 0 spiro atoms. The Morgan fingerprint density at radius 3 is 2.64 bits per heavy atom. The molecule has 0 saturated carbocycles. The molecule has 0 N–H and O–H groups in total. The van der Waals surface area contributed by atoms with Crippen LogP contribution in [0, 0.1) is 5.92 Å². The van der Waals surface area contributed by atoms with E-state index >= 15 is 0 Å². The molecule has 0 bridgehead atoms. The van der Waals surface area contributed by atoms with Crippen LogP contribution < -0.4 is 14.4 Å². The van der Waals surface area contributed by atoms with Gasteiger partial charge in [0.05, 0.1) is 12.7 Å². The number of carbonyl (C=O) groups excluding carboxylic acids is 3. The molecule has 1 unspecified atom stereocenters. The van der Waals surface area contributed by atoms with Gasteiger partial charge < -0.3 is 33.3 Å². The summed E-state index contributed by atoms with van der Waals surface area (Å²) >= 11 is 0. The molecule has 0 aliphatic carbocycles. The van der Waals surface area contributed by atoms with Gasteiger partial charge in [-0.2, -0.15) is 0 Å². The first-order valence-electron chi connectivity index (χ1n) is 15.1. The first-order valence-corrected chi connectivity index (χ1v) is 15.1. The molecule has 11 nitrogen and oxygen atoms in total. The fraction of sp³-hybridized carbons (Fsp3) is 0.455. The van der Waals surface area contributed by atoms with Crippen LogP contribution in [-0.2, 0) is 23.7 Å². The first kappa shape index (κ1) is 33.9. The number of hydrogen-bond acceptors (Lipinski definition) is 10. The molecule has 45 heavy (non-hydrogen) atoms. The zero-order valence-electron chi connectivity index (χ0n) is 26.7. The van der Waals surface area contributed by atoms with Crippen LogP contribution in [0.1, 0.15) is 56.5 Å². The Bertz CT molecular complexity index is 1410. The number of carbonyl (C=O) groups is 3. The van der Waals surface area contributed by atoms with Crippen LogP contribution >= 0.6 is 0 Å². The SMILES string of the molecule is BC(=O)N(CCCOc1cc2c(c(OCOC)c1)C(=O)O[C@@H](C)[C@H](C)/C=C\C(=O)C1OC(C)(C)O[C@H]1C/C=C/2)c1ccccn1. The van der Waals surface area contributed by atoms with E-state index in [0.717, 1.165) is 0 Å². The van der Waals surface area contributed by atoms with E-state index in [2.05, 4.69) is 4.98 Å². The summed E-state index contributed by atoms with van der Waals surface area (Å²) in [6.45, 7) is 7.75. The molecule has 1 amide bonds. The maximum atomic E-state index is 13.6. The third kappa shape index (κ3) is 9.03. The van der Waals surface area contributed by atoms with Crippen LogP contribution in [0.4, 0.5) is 10.6 Å². The molecule has 3 heterocycles. The first-order chi connectivity index (χ1) is 21.5. The number of benzene rings is 1. The minimum atomic E-state index is -0.923. The second-order valence-electron chi connectivity index (χ2n) is 11.5. The van der Waals surface area contributed by atoms with E-state index in [4.69, 9.17) is 28.4 Å². The third-order valence-electron chi connectivity index (χ3n) is 7.47. The molecule has 1 fully saturated rings. The predicted octanol–water partition coefficient (Wildman–Crippen LogP) is 4.34. The summed E-state index contributed by atoms with van der Waals surface area (Å²) in [5.41, 5.74) is 0.709. The van der Waals surface area contributed by atoms with Crippen molar-refractivity contribution in [3.05, 3.63) is 65.9 Å². The topological polar surface area (TPSA) is 123 Å². The molecule has 1 saturated heterocycles. The molecule has 4 atom stereocenters. The number of hydrogen-bond donors (Lipinski definition) is 0. The maximum Gasteiger partial charge on any atom is 0.342 e. The highest BCUT2D eigenvalue weighted by molar-refractivity contribution is 6.60. The number of nitrogens with zero attached hydrogens (tertiary/aromatic N) is 2. The van der Waals surface area contributed by atoms with E-state index in [1.54, 1.807) is 68.3 Å². The lowest BCUT2D eigenvalue weighted by atomic mass is 9.99. The summed E-state index contributed by atoms with van der Waals surface area (Å²) in [7, 11) is 2.98. The van der Waals surface area contributed by atoms with Crippen LogP contribution in [0.15, 0.2) is 54.8 Å². The van der Waals surface area contributed by atoms with E-state index in [-0.39, 0.29) is 42.2 Å². The highest BCUT2D eigenvalue weighted by atomic mass is 16.8. The summed E-state index contributed by atoms with van der Waals surface area (Å²) in [5.74, 6) is -0.859. The predicted molar refractivity (Wildman–Crippen MR) is 170 cm³/mol. The summed E-state index contributed by atoms with van der Waals surface area (Å²) in [4.78, 5) is 44.7. The number of pyridine rings is 1. The number of esters is 1. The molecule has 12 heteroatoms. The van der Waals surface area contributed by atoms with Crippen LogP contribution in [0.25, 0.3) is 6.08 Å². The van der Waals surface area contributed by atoms with Crippen molar-refractivity contribution in [3.8, 4) is 11.5 Å². The summed E-state index contributed by atoms with van der Waals surface area (Å²) in [6.07, 6.45) is 7.44. The van der Waals surface area contributed by atoms with E-state index in [1.807, 2.05) is 19.1 Å². The normalized spacial score (nSPS) is 24.4. The van der Waals surface area contributed by atoms with Crippen LogP contribution in [0.3, 0.4) is 0 Å². The maximum absolute atomic E-state index is 13.6. The molecule has 4 rings (SSSR count). The molecule has 240 valence electrons. The lowest BCUT2D eigenvalue weighted by Gasteiger charge is -2.22.